The number of rotatable bonds is 48. The molecule has 7 N–H and O–H groups in total. The lowest BCUT2D eigenvalue weighted by Crippen LogP contribution is -2.51. The average molecular weight is 1610 g/mol. The Bertz CT molecular complexity index is 3760. The number of hydrogen-bond acceptors (Lipinski definition) is 23. The third kappa shape index (κ3) is 35.9. The highest BCUT2D eigenvalue weighted by Crippen LogP contribution is 2.45. The fourth-order valence-electron chi connectivity index (χ4n) is 11.6. The zero-order chi connectivity index (χ0) is 82.5. The van der Waals surface area contributed by atoms with Gasteiger partial charge in [0.25, 0.3) is 10.1 Å². The number of nitrogens with one attached hydrogen (secondary N) is 5. The van der Waals surface area contributed by atoms with Crippen LogP contribution in [-0.4, -0.2) is 223 Å². The summed E-state index contributed by atoms with van der Waals surface area (Å²) in [5.74, 6) is -8.57. The number of nitrogens with zero attached hydrogens (tertiary/aromatic N) is 1. The van der Waals surface area contributed by atoms with E-state index < -0.39 is 129 Å². The third-order valence-electron chi connectivity index (χ3n) is 18.5. The zero-order valence-corrected chi connectivity index (χ0v) is 67.0. The first-order valence-corrected chi connectivity index (χ1v) is 39.7. The summed E-state index contributed by atoms with van der Waals surface area (Å²) in [5.41, 5.74) is 2.39. The van der Waals surface area contributed by atoms with Crippen molar-refractivity contribution in [1.82, 2.24) is 31.5 Å². The van der Waals surface area contributed by atoms with Gasteiger partial charge in [0.2, 0.25) is 35.4 Å². The van der Waals surface area contributed by atoms with Gasteiger partial charge in [-0.1, -0.05) is 107 Å². The number of carboxylic acids is 1. The molecule has 0 radical (unpaired) electrons. The van der Waals surface area contributed by atoms with Gasteiger partial charge in [-0.25, -0.2) is 4.79 Å². The number of amides is 6. The summed E-state index contributed by atoms with van der Waals surface area (Å²) in [4.78, 5) is 159. The van der Waals surface area contributed by atoms with Crippen molar-refractivity contribution in [3.63, 3.8) is 0 Å². The van der Waals surface area contributed by atoms with Gasteiger partial charge in [0.05, 0.1) is 94.7 Å². The minimum absolute atomic E-state index is 0.0123. The lowest BCUT2D eigenvalue weighted by molar-refractivity contribution is -0.179. The maximum Gasteiger partial charge on any atom is 0.347 e. The molecule has 0 aliphatic carbocycles. The molecule has 8 atom stereocenters. The van der Waals surface area contributed by atoms with Gasteiger partial charge >= 0.3 is 23.9 Å². The molecule has 0 aromatic heterocycles. The smallest absolute Gasteiger partial charge is 0.347 e. The van der Waals surface area contributed by atoms with Gasteiger partial charge in [-0.15, -0.1) is 0 Å². The summed E-state index contributed by atoms with van der Waals surface area (Å²) in [6.45, 7) is 15.0. The van der Waals surface area contributed by atoms with Crippen LogP contribution in [0.5, 0.6) is 5.75 Å². The van der Waals surface area contributed by atoms with Crippen molar-refractivity contribution in [2.45, 2.75) is 176 Å². The fourth-order valence-corrected chi connectivity index (χ4v) is 12.2. The Morgan fingerprint density at radius 3 is 1.96 bits per heavy atom. The van der Waals surface area contributed by atoms with E-state index in [1.165, 1.54) is 18.1 Å². The monoisotopic (exact) mass is 1610 g/mol. The Morgan fingerprint density at radius 1 is 0.723 bits per heavy atom. The summed E-state index contributed by atoms with van der Waals surface area (Å²) in [6, 6.07) is 17.5. The number of carboxylic acid groups (broad SMARTS) is 1. The van der Waals surface area contributed by atoms with Crippen molar-refractivity contribution in [3.8, 4) is 5.75 Å². The highest BCUT2D eigenvalue weighted by Gasteiger charge is 2.48. The van der Waals surface area contributed by atoms with Crippen LogP contribution in [-0.2, 0) is 131 Å². The van der Waals surface area contributed by atoms with Crippen molar-refractivity contribution in [3.05, 3.63) is 112 Å². The number of ketones is 2. The second kappa shape index (κ2) is 48.3. The highest BCUT2D eigenvalue weighted by molar-refractivity contribution is 7.85. The molecule has 1 fully saturated rings. The highest BCUT2D eigenvalue weighted by atomic mass is 35.5. The van der Waals surface area contributed by atoms with Crippen LogP contribution in [0.1, 0.15) is 147 Å². The Balaban J connectivity index is 0.999. The van der Waals surface area contributed by atoms with Crippen molar-refractivity contribution < 1.29 is 118 Å². The maximum atomic E-state index is 14.0. The zero-order valence-electron chi connectivity index (χ0n) is 65.4. The van der Waals surface area contributed by atoms with Crippen LogP contribution in [0.3, 0.4) is 0 Å². The molecule has 620 valence electrons. The van der Waals surface area contributed by atoms with E-state index in [9.17, 15) is 71.1 Å². The molecule has 0 unspecified atom stereocenters. The fraction of sp³-hybridized carbons (Fsp3) is 0.595. The van der Waals surface area contributed by atoms with Crippen LogP contribution in [0.15, 0.2) is 78.9 Å². The number of Topliss-reactive ketones (excluding diaryl/α,β-unsaturated/α-hetero) is 2. The van der Waals surface area contributed by atoms with E-state index in [1.54, 1.807) is 83.2 Å². The average Bonchev–Trinajstić information content (AvgIpc) is 1.64. The van der Waals surface area contributed by atoms with E-state index in [4.69, 9.17) is 58.8 Å². The standard InChI is InChI=1S/C79H111ClN6O25S/c1-50(2)43-66-77(98)109-64(11-10-12-69(91)85-62(45-57-19-23-65(103-9)61(80)44-57)76(97)83-49-79(7,8)78(99)110-66)52(5)73-74(111-73)58-21-17-54(18-22-58)20-26-72(95)108-48-56-15-13-55(14-16-56)46-63(88)53(6)84-75(96)60(51(3)4)47-59(87)27-32-86(33-28-71(93)94)70(92)25-24-67(89)81-30-35-105-37-39-107-41-40-106-38-36-104-34-29-68(90)82-31-42-112(100,101)102/h10,12-19,21-23,44,50-53,60,62,64,66,73-74H,11,20,24-43,45-49H2,1-9H3,(H,81,89)(H,82,90)(H,83,97)(H,84,96)(H,85,91)(H,93,94)(H,100,101,102)/b12-10+/t52-,53-,60-,62+,64-,66-,73+,74+/m0/s1. The van der Waals surface area contributed by atoms with Crippen molar-refractivity contribution in [1.29, 1.82) is 0 Å². The number of carbonyl (C=O) groups is 12. The lowest BCUT2D eigenvalue weighted by Gasteiger charge is -2.29. The second-order valence-electron chi connectivity index (χ2n) is 29.0. The summed E-state index contributed by atoms with van der Waals surface area (Å²) in [5, 5.41) is 23.0. The molecule has 2 heterocycles. The first-order valence-electron chi connectivity index (χ1n) is 37.7. The van der Waals surface area contributed by atoms with E-state index in [1.807, 2.05) is 45.0 Å². The van der Waals surface area contributed by atoms with Gasteiger partial charge in [-0.05, 0) is 91.5 Å². The van der Waals surface area contributed by atoms with E-state index in [-0.39, 0.29) is 186 Å². The minimum Gasteiger partial charge on any atom is -0.495 e. The van der Waals surface area contributed by atoms with E-state index in [2.05, 4.69) is 26.6 Å². The molecule has 3 aromatic rings. The molecular weight excluding hydrogens is 1500 g/mol. The summed E-state index contributed by atoms with van der Waals surface area (Å²) in [6.07, 6.45) is -0.544. The molecule has 112 heavy (non-hydrogen) atoms. The number of ether oxygens (including phenoxy) is 9. The number of esters is 3. The van der Waals surface area contributed by atoms with E-state index in [0.717, 1.165) is 11.1 Å². The normalized spacial score (nSPS) is 18.5. The molecule has 33 heteroatoms. The SMILES string of the molecule is COc1ccc(C[C@H]2NC(=O)/C=C/C[C@@H]([C@H](C)[C@H]3O[C@@H]3c3ccc(CCC(=O)OCc4ccc(CC(=O)[C@H](C)NC(=O)[C@@H](CC(=O)CCN(CCC(=O)O)C(=O)CCC(=O)NCCOCCOCCOCCOCCC(=O)NCCS(=O)(=O)O)C(C)C)cc4)cc3)OC(=O)[C@H](CC(C)C)OC(=O)C(C)(C)CNC2=O)cc1Cl. The van der Waals surface area contributed by atoms with Gasteiger partial charge in [-0.2, -0.15) is 8.42 Å². The predicted octanol–water partition coefficient (Wildman–Crippen LogP) is 5.70. The number of epoxide rings is 1. The van der Waals surface area contributed by atoms with Crippen molar-refractivity contribution in [2.24, 2.45) is 29.1 Å². The third-order valence-corrected chi connectivity index (χ3v) is 19.5. The molecule has 2 aliphatic heterocycles. The van der Waals surface area contributed by atoms with Crippen molar-refractivity contribution in [2.75, 3.05) is 98.4 Å². The van der Waals surface area contributed by atoms with Crippen LogP contribution in [0.2, 0.25) is 5.02 Å². The van der Waals surface area contributed by atoms with Gasteiger partial charge in [0.15, 0.2) is 11.9 Å². The first-order chi connectivity index (χ1) is 53.1. The van der Waals surface area contributed by atoms with Gasteiger partial charge in [0.1, 0.15) is 36.4 Å². The number of aliphatic carboxylic acids is 1. The van der Waals surface area contributed by atoms with E-state index in [0.29, 0.717) is 33.9 Å². The first kappa shape index (κ1) is 93.8. The van der Waals surface area contributed by atoms with E-state index >= 15 is 0 Å². The Labute approximate surface area is 659 Å². The number of hydrogen-bond donors (Lipinski definition) is 7. The van der Waals surface area contributed by atoms with Crippen molar-refractivity contribution >= 4 is 92.6 Å². The summed E-state index contributed by atoms with van der Waals surface area (Å²) >= 11 is 6.40. The number of halogens is 1. The Hall–Kier alpha value is -8.76. The molecule has 0 bridgehead atoms. The summed E-state index contributed by atoms with van der Waals surface area (Å²) in [7, 11) is -2.68. The Morgan fingerprint density at radius 2 is 1.33 bits per heavy atom. The van der Waals surface area contributed by atoms with Crippen LogP contribution >= 0.6 is 11.6 Å². The molecule has 2 aliphatic rings. The van der Waals surface area contributed by atoms with Crippen LogP contribution in [0, 0.1) is 29.1 Å². The molecule has 31 nitrogen and oxygen atoms in total. The number of carbonyl (C=O) groups excluding carboxylic acids is 11. The lowest BCUT2D eigenvalue weighted by atomic mass is 9.88. The number of benzene rings is 3. The van der Waals surface area contributed by atoms with Crippen LogP contribution in [0.4, 0.5) is 0 Å². The molecule has 0 saturated carbocycles. The van der Waals surface area contributed by atoms with Gasteiger partial charge in [0, 0.05) is 102 Å². The number of aryl methyl sites for hydroxylation is 1. The Kier molecular flexibility index (Phi) is 40.5. The second-order valence-corrected chi connectivity index (χ2v) is 31.0. The molecule has 5 rings (SSSR count). The maximum absolute atomic E-state index is 14.0. The molecule has 3 aromatic carbocycles. The van der Waals surface area contributed by atoms with Gasteiger partial charge < -0.3 is 79.2 Å². The predicted molar refractivity (Wildman–Crippen MR) is 408 cm³/mol. The van der Waals surface area contributed by atoms with Crippen LogP contribution < -0.4 is 31.3 Å². The summed E-state index contributed by atoms with van der Waals surface area (Å²) < 4.78 is 80.7. The molecular formula is C79H111ClN6O25S. The number of methoxy groups -OCH3 is 1. The minimum atomic E-state index is -4.16. The van der Waals surface area contributed by atoms with Crippen LogP contribution in [0.25, 0.3) is 0 Å². The topological polar surface area (TPSA) is 429 Å². The van der Waals surface area contributed by atoms with Gasteiger partial charge in [-0.3, -0.25) is 57.3 Å². The largest absolute Gasteiger partial charge is 0.495 e. The quantitative estimate of drug-likeness (QED) is 0.0117. The molecule has 6 amide bonds. The number of cyclic esters (lactones) is 2. The molecule has 0 spiro atoms. The molecule has 1 saturated heterocycles.